The molecular weight excluding hydrogens is 255 g/mol. The van der Waals surface area contributed by atoms with Crippen LogP contribution in [0.4, 0.5) is 0 Å². The number of piperidine rings is 1. The fourth-order valence-electron chi connectivity index (χ4n) is 3.08. The summed E-state index contributed by atoms with van der Waals surface area (Å²) in [5, 5.41) is 0. The maximum absolute atomic E-state index is 5.91. The van der Waals surface area contributed by atoms with E-state index < -0.39 is 0 Å². The maximum Gasteiger partial charge on any atom is 0.0367 e. The SMILES string of the molecule is Cl.Cl.NCC12CC1CCN2Cc1ccccc1. The first-order valence-electron chi connectivity index (χ1n) is 5.84. The van der Waals surface area contributed by atoms with Gasteiger partial charge in [-0.15, -0.1) is 24.8 Å². The summed E-state index contributed by atoms with van der Waals surface area (Å²) < 4.78 is 0. The first-order chi connectivity index (χ1) is 7.35. The largest absolute Gasteiger partial charge is 0.329 e. The van der Waals surface area contributed by atoms with Crippen molar-refractivity contribution in [2.24, 2.45) is 11.7 Å². The normalized spacial score (nSPS) is 30.1. The van der Waals surface area contributed by atoms with Crippen LogP contribution in [-0.4, -0.2) is 23.5 Å². The first-order valence-corrected chi connectivity index (χ1v) is 5.84. The third-order valence-electron chi connectivity index (χ3n) is 4.15. The number of nitrogens with two attached hydrogens (primary N) is 1. The van der Waals surface area contributed by atoms with Crippen LogP contribution in [0.3, 0.4) is 0 Å². The minimum absolute atomic E-state index is 0. The monoisotopic (exact) mass is 274 g/mol. The Morgan fingerprint density at radius 2 is 1.94 bits per heavy atom. The third-order valence-corrected chi connectivity index (χ3v) is 4.15. The lowest BCUT2D eigenvalue weighted by atomic mass is 10.1. The Kier molecular flexibility index (Phi) is 4.85. The van der Waals surface area contributed by atoms with E-state index in [0.29, 0.717) is 5.54 Å². The highest BCUT2D eigenvalue weighted by atomic mass is 35.5. The summed E-state index contributed by atoms with van der Waals surface area (Å²) in [5.74, 6) is 0.895. The molecule has 1 aromatic carbocycles. The van der Waals surface area contributed by atoms with Crippen LogP contribution in [0, 0.1) is 5.92 Å². The van der Waals surface area contributed by atoms with E-state index in [2.05, 4.69) is 35.2 Å². The van der Waals surface area contributed by atoms with Crippen LogP contribution in [0.5, 0.6) is 0 Å². The fraction of sp³-hybridized carbons (Fsp3) is 0.538. The van der Waals surface area contributed by atoms with Crippen molar-refractivity contribution in [2.75, 3.05) is 13.1 Å². The number of benzene rings is 1. The van der Waals surface area contributed by atoms with Gasteiger partial charge < -0.3 is 5.73 Å². The highest BCUT2D eigenvalue weighted by molar-refractivity contribution is 5.85. The van der Waals surface area contributed by atoms with Gasteiger partial charge in [0.2, 0.25) is 0 Å². The lowest BCUT2D eigenvalue weighted by Gasteiger charge is -2.27. The van der Waals surface area contributed by atoms with E-state index in [1.807, 2.05) is 0 Å². The Morgan fingerprint density at radius 1 is 1.24 bits per heavy atom. The number of likely N-dealkylation sites (tertiary alicyclic amines) is 1. The molecule has 1 saturated heterocycles. The zero-order chi connectivity index (χ0) is 10.3. The molecule has 0 spiro atoms. The molecule has 1 heterocycles. The van der Waals surface area contributed by atoms with Crippen LogP contribution in [0.1, 0.15) is 18.4 Å². The summed E-state index contributed by atoms with van der Waals surface area (Å²) in [4.78, 5) is 2.59. The van der Waals surface area contributed by atoms with Crippen LogP contribution in [-0.2, 0) is 6.54 Å². The second-order valence-corrected chi connectivity index (χ2v) is 4.90. The second kappa shape index (κ2) is 5.57. The van der Waals surface area contributed by atoms with Crippen molar-refractivity contribution in [1.29, 1.82) is 0 Å². The van der Waals surface area contributed by atoms with Crippen LogP contribution in [0.25, 0.3) is 0 Å². The van der Waals surface area contributed by atoms with Gasteiger partial charge in [-0.05, 0) is 30.9 Å². The second-order valence-electron chi connectivity index (χ2n) is 4.90. The van der Waals surface area contributed by atoms with E-state index >= 15 is 0 Å². The summed E-state index contributed by atoms with van der Waals surface area (Å²) in [7, 11) is 0. The highest BCUT2D eigenvalue weighted by Gasteiger charge is 2.60. The molecule has 1 aliphatic heterocycles. The van der Waals surface area contributed by atoms with Gasteiger partial charge in [0.25, 0.3) is 0 Å². The van der Waals surface area contributed by atoms with E-state index in [1.165, 1.54) is 24.9 Å². The summed E-state index contributed by atoms with van der Waals surface area (Å²) in [6, 6.07) is 10.7. The molecule has 2 fully saturated rings. The predicted molar refractivity (Wildman–Crippen MR) is 75.9 cm³/mol. The number of rotatable bonds is 3. The molecule has 2 atom stereocenters. The van der Waals surface area contributed by atoms with Crippen LogP contribution < -0.4 is 5.73 Å². The minimum Gasteiger partial charge on any atom is -0.329 e. The summed E-state index contributed by atoms with van der Waals surface area (Å²) >= 11 is 0. The molecule has 1 aliphatic carbocycles. The Bertz CT molecular complexity index is 354. The molecule has 1 saturated carbocycles. The third kappa shape index (κ3) is 2.45. The average molecular weight is 275 g/mol. The molecule has 1 aromatic rings. The molecule has 4 heteroatoms. The van der Waals surface area contributed by atoms with Crippen molar-refractivity contribution >= 4 is 24.8 Å². The quantitative estimate of drug-likeness (QED) is 0.918. The highest BCUT2D eigenvalue weighted by Crippen LogP contribution is 2.55. The molecule has 0 amide bonds. The molecule has 0 radical (unpaired) electrons. The Balaban J connectivity index is 0.000000722. The molecule has 2 unspecified atom stereocenters. The lowest BCUT2D eigenvalue weighted by Crippen LogP contribution is -2.40. The lowest BCUT2D eigenvalue weighted by molar-refractivity contribution is 0.206. The van der Waals surface area contributed by atoms with Gasteiger partial charge in [0.15, 0.2) is 0 Å². The Morgan fingerprint density at radius 3 is 2.53 bits per heavy atom. The predicted octanol–water partition coefficient (Wildman–Crippen LogP) is 2.45. The van der Waals surface area contributed by atoms with E-state index in [4.69, 9.17) is 5.73 Å². The Hall–Kier alpha value is -0.280. The number of hydrogen-bond donors (Lipinski definition) is 1. The summed E-state index contributed by atoms with van der Waals surface area (Å²) in [6.07, 6.45) is 2.68. The van der Waals surface area contributed by atoms with Gasteiger partial charge in [-0.2, -0.15) is 0 Å². The standard InChI is InChI=1S/C13H18N2.2ClH/c14-10-13-8-12(13)6-7-15(13)9-11-4-2-1-3-5-11;;/h1-5,12H,6-10,14H2;2*1H. The molecule has 96 valence electrons. The van der Waals surface area contributed by atoms with Crippen molar-refractivity contribution in [3.05, 3.63) is 35.9 Å². The van der Waals surface area contributed by atoms with E-state index in [0.717, 1.165) is 19.0 Å². The van der Waals surface area contributed by atoms with Crippen molar-refractivity contribution in [3.63, 3.8) is 0 Å². The minimum atomic E-state index is 0. The van der Waals surface area contributed by atoms with Gasteiger partial charge in [-0.25, -0.2) is 0 Å². The maximum atomic E-state index is 5.91. The van der Waals surface area contributed by atoms with Crippen molar-refractivity contribution in [1.82, 2.24) is 4.90 Å². The van der Waals surface area contributed by atoms with Crippen LogP contribution >= 0.6 is 24.8 Å². The van der Waals surface area contributed by atoms with Crippen LogP contribution in [0.2, 0.25) is 0 Å². The molecule has 2 nitrogen and oxygen atoms in total. The van der Waals surface area contributed by atoms with Gasteiger partial charge >= 0.3 is 0 Å². The fourth-order valence-corrected chi connectivity index (χ4v) is 3.08. The van der Waals surface area contributed by atoms with Gasteiger partial charge in [0, 0.05) is 18.6 Å². The van der Waals surface area contributed by atoms with Crippen molar-refractivity contribution in [2.45, 2.75) is 24.9 Å². The number of halogens is 2. The zero-order valence-corrected chi connectivity index (χ0v) is 11.5. The van der Waals surface area contributed by atoms with Gasteiger partial charge in [-0.3, -0.25) is 4.90 Å². The average Bonchev–Trinajstić information content (AvgIpc) is 2.92. The number of fused-ring (bicyclic) bond motifs is 1. The van der Waals surface area contributed by atoms with Crippen molar-refractivity contribution < 1.29 is 0 Å². The molecule has 0 aromatic heterocycles. The molecule has 2 N–H and O–H groups in total. The molecule has 17 heavy (non-hydrogen) atoms. The first kappa shape index (κ1) is 14.8. The van der Waals surface area contributed by atoms with Crippen molar-refractivity contribution in [3.8, 4) is 0 Å². The molecule has 0 bridgehead atoms. The smallest absolute Gasteiger partial charge is 0.0367 e. The van der Waals surface area contributed by atoms with E-state index in [-0.39, 0.29) is 24.8 Å². The molecular formula is C13H20Cl2N2. The number of hydrogen-bond acceptors (Lipinski definition) is 2. The van der Waals surface area contributed by atoms with E-state index in [1.54, 1.807) is 0 Å². The molecule has 2 aliphatic rings. The van der Waals surface area contributed by atoms with E-state index in [9.17, 15) is 0 Å². The summed E-state index contributed by atoms with van der Waals surface area (Å²) in [6.45, 7) is 3.15. The number of nitrogens with zero attached hydrogens (tertiary/aromatic N) is 1. The van der Waals surface area contributed by atoms with Crippen LogP contribution in [0.15, 0.2) is 30.3 Å². The van der Waals surface area contributed by atoms with Gasteiger partial charge in [-0.1, -0.05) is 30.3 Å². The van der Waals surface area contributed by atoms with Gasteiger partial charge in [0.1, 0.15) is 0 Å². The topological polar surface area (TPSA) is 29.3 Å². The van der Waals surface area contributed by atoms with Gasteiger partial charge in [0.05, 0.1) is 0 Å². The molecule has 3 rings (SSSR count). The zero-order valence-electron chi connectivity index (χ0n) is 9.84. The summed E-state index contributed by atoms with van der Waals surface area (Å²) in [5.41, 5.74) is 7.71. The Labute approximate surface area is 115 Å².